The van der Waals surface area contributed by atoms with Gasteiger partial charge in [-0.3, -0.25) is 4.90 Å². The molecule has 0 amide bonds. The Labute approximate surface area is 150 Å². The lowest BCUT2D eigenvalue weighted by Gasteiger charge is -2.45. The van der Waals surface area contributed by atoms with Crippen molar-refractivity contribution >= 4 is 11.6 Å². The molecule has 134 valence electrons. The molecule has 2 atom stereocenters. The van der Waals surface area contributed by atoms with E-state index in [1.807, 2.05) is 24.3 Å². The van der Waals surface area contributed by atoms with Crippen LogP contribution >= 0.6 is 11.6 Å². The monoisotopic (exact) mass is 351 g/mol. The van der Waals surface area contributed by atoms with Crippen LogP contribution in [-0.2, 0) is 10.3 Å². The smallest absolute Gasteiger partial charge is 0.0962 e. The number of halogens is 1. The molecule has 4 heteroatoms. The zero-order chi connectivity index (χ0) is 17.0. The van der Waals surface area contributed by atoms with Gasteiger partial charge in [0.25, 0.3) is 0 Å². The number of hydrogen-bond acceptors (Lipinski definition) is 3. The molecule has 1 heterocycles. The molecule has 1 aromatic rings. The zero-order valence-corrected chi connectivity index (χ0v) is 15.5. The fourth-order valence-electron chi connectivity index (χ4n) is 4.49. The Kier molecular flexibility index (Phi) is 6.20. The summed E-state index contributed by atoms with van der Waals surface area (Å²) >= 11 is 6.08. The lowest BCUT2D eigenvalue weighted by Crippen LogP contribution is -2.48. The zero-order valence-electron chi connectivity index (χ0n) is 14.7. The Morgan fingerprint density at radius 1 is 1.17 bits per heavy atom. The second-order valence-electron chi connectivity index (χ2n) is 7.48. The lowest BCUT2D eigenvalue weighted by molar-refractivity contribution is -0.0961. The summed E-state index contributed by atoms with van der Waals surface area (Å²) in [5.41, 5.74) is 0.253. The summed E-state index contributed by atoms with van der Waals surface area (Å²) in [4.78, 5) is 2.43. The van der Waals surface area contributed by atoms with E-state index in [0.717, 1.165) is 56.3 Å². The van der Waals surface area contributed by atoms with E-state index in [9.17, 15) is 5.11 Å². The third-order valence-corrected chi connectivity index (χ3v) is 6.17. The first-order valence-corrected chi connectivity index (χ1v) is 9.77. The van der Waals surface area contributed by atoms with E-state index in [0.29, 0.717) is 5.92 Å². The maximum atomic E-state index is 11.9. The number of morpholine rings is 1. The molecule has 0 aromatic heterocycles. The van der Waals surface area contributed by atoms with Crippen LogP contribution in [0.2, 0.25) is 5.02 Å². The third kappa shape index (κ3) is 3.96. The van der Waals surface area contributed by atoms with Crippen LogP contribution in [0, 0.1) is 11.8 Å². The van der Waals surface area contributed by atoms with E-state index >= 15 is 0 Å². The fourth-order valence-corrected chi connectivity index (χ4v) is 4.62. The van der Waals surface area contributed by atoms with Gasteiger partial charge >= 0.3 is 0 Å². The second kappa shape index (κ2) is 8.18. The molecule has 24 heavy (non-hydrogen) atoms. The highest BCUT2D eigenvalue weighted by atomic mass is 35.5. The summed E-state index contributed by atoms with van der Waals surface area (Å²) in [6.45, 7) is 6.65. The highest BCUT2D eigenvalue weighted by Gasteiger charge is 2.43. The first-order chi connectivity index (χ1) is 11.6. The predicted octanol–water partition coefficient (Wildman–Crippen LogP) is 4.08. The van der Waals surface area contributed by atoms with E-state index in [1.165, 1.54) is 19.3 Å². The van der Waals surface area contributed by atoms with Crippen molar-refractivity contribution in [1.82, 2.24) is 4.90 Å². The Hall–Kier alpha value is -0.610. The summed E-state index contributed by atoms with van der Waals surface area (Å²) in [6, 6.07) is 7.86. The lowest BCUT2D eigenvalue weighted by atomic mass is 9.67. The van der Waals surface area contributed by atoms with Crippen molar-refractivity contribution in [2.45, 2.75) is 44.6 Å². The minimum Gasteiger partial charge on any atom is -0.385 e. The molecule has 2 fully saturated rings. The summed E-state index contributed by atoms with van der Waals surface area (Å²) in [6.07, 6.45) is 5.99. The van der Waals surface area contributed by atoms with Gasteiger partial charge in [-0.15, -0.1) is 0 Å². The molecule has 3 rings (SSSR count). The van der Waals surface area contributed by atoms with E-state index < -0.39 is 5.60 Å². The molecule has 0 radical (unpaired) electrons. The van der Waals surface area contributed by atoms with Crippen LogP contribution in [0.4, 0.5) is 0 Å². The first kappa shape index (κ1) is 18.2. The summed E-state index contributed by atoms with van der Waals surface area (Å²) < 4.78 is 5.46. The molecule has 1 aliphatic heterocycles. The molecular formula is C20H30ClNO2. The van der Waals surface area contributed by atoms with E-state index in [-0.39, 0.29) is 5.92 Å². The van der Waals surface area contributed by atoms with Gasteiger partial charge in [-0.25, -0.2) is 0 Å². The van der Waals surface area contributed by atoms with Crippen molar-refractivity contribution in [2.75, 3.05) is 32.8 Å². The Bertz CT molecular complexity index is 509. The quantitative estimate of drug-likeness (QED) is 0.867. The van der Waals surface area contributed by atoms with Gasteiger partial charge in [-0.2, -0.15) is 0 Å². The number of aliphatic hydroxyl groups is 1. The van der Waals surface area contributed by atoms with Crippen LogP contribution < -0.4 is 0 Å². The molecule has 1 N–H and O–H groups in total. The van der Waals surface area contributed by atoms with Crippen LogP contribution in [0.1, 0.15) is 44.6 Å². The normalized spacial score (nSPS) is 24.5. The number of benzene rings is 1. The van der Waals surface area contributed by atoms with Crippen molar-refractivity contribution in [3.8, 4) is 0 Å². The van der Waals surface area contributed by atoms with Gasteiger partial charge in [-0.05, 0) is 36.5 Å². The Morgan fingerprint density at radius 3 is 2.42 bits per heavy atom. The second-order valence-corrected chi connectivity index (χ2v) is 7.92. The standard InChI is InChI=1S/C20H30ClNO2/c1-16(15-22-11-13-24-14-12-22)20(23,17-5-3-2-4-6-17)18-7-9-19(21)10-8-18/h7-10,16-17,23H,2-6,11-15H2,1H3/t16-,20+/m1/s1. The first-order valence-electron chi connectivity index (χ1n) is 9.39. The maximum absolute atomic E-state index is 11.9. The van der Waals surface area contributed by atoms with Crippen molar-refractivity contribution in [3.63, 3.8) is 0 Å². The number of ether oxygens (including phenoxy) is 1. The van der Waals surface area contributed by atoms with Gasteiger partial charge in [0.15, 0.2) is 0 Å². The highest BCUT2D eigenvalue weighted by molar-refractivity contribution is 6.30. The molecule has 2 aliphatic rings. The molecule has 0 bridgehead atoms. The number of rotatable bonds is 5. The van der Waals surface area contributed by atoms with Crippen LogP contribution in [0.25, 0.3) is 0 Å². The predicted molar refractivity (Wildman–Crippen MR) is 98.3 cm³/mol. The fraction of sp³-hybridized carbons (Fsp3) is 0.700. The van der Waals surface area contributed by atoms with Gasteiger partial charge in [0.1, 0.15) is 0 Å². The molecule has 1 aromatic carbocycles. The summed E-state index contributed by atoms with van der Waals surface area (Å²) in [7, 11) is 0. The molecule has 1 aliphatic carbocycles. The van der Waals surface area contributed by atoms with Gasteiger partial charge in [-0.1, -0.05) is 49.9 Å². The average Bonchev–Trinajstić information content (AvgIpc) is 2.63. The van der Waals surface area contributed by atoms with E-state index in [1.54, 1.807) is 0 Å². The minimum atomic E-state index is -0.774. The summed E-state index contributed by atoms with van der Waals surface area (Å²) in [5.74, 6) is 0.517. The average molecular weight is 352 g/mol. The van der Waals surface area contributed by atoms with Crippen molar-refractivity contribution in [2.24, 2.45) is 11.8 Å². The van der Waals surface area contributed by atoms with Crippen LogP contribution in [0.5, 0.6) is 0 Å². The van der Waals surface area contributed by atoms with Crippen LogP contribution in [0.3, 0.4) is 0 Å². The summed E-state index contributed by atoms with van der Waals surface area (Å²) in [5, 5.41) is 12.6. The van der Waals surface area contributed by atoms with E-state index in [4.69, 9.17) is 16.3 Å². The SMILES string of the molecule is C[C@H](CN1CCOCC1)[C@@](O)(c1ccc(Cl)cc1)C1CCCCC1. The molecule has 0 unspecified atom stereocenters. The van der Waals surface area contributed by atoms with Gasteiger partial charge in [0.05, 0.1) is 18.8 Å². The molecule has 1 saturated heterocycles. The van der Waals surface area contributed by atoms with Gasteiger partial charge in [0, 0.05) is 30.6 Å². The van der Waals surface area contributed by atoms with Crippen molar-refractivity contribution in [1.29, 1.82) is 0 Å². The highest BCUT2D eigenvalue weighted by Crippen LogP contribution is 2.44. The van der Waals surface area contributed by atoms with Crippen molar-refractivity contribution < 1.29 is 9.84 Å². The van der Waals surface area contributed by atoms with Crippen LogP contribution in [-0.4, -0.2) is 42.9 Å². The maximum Gasteiger partial charge on any atom is 0.0962 e. The molecule has 3 nitrogen and oxygen atoms in total. The van der Waals surface area contributed by atoms with Gasteiger partial charge in [0.2, 0.25) is 0 Å². The number of nitrogens with zero attached hydrogens (tertiary/aromatic N) is 1. The minimum absolute atomic E-state index is 0.180. The van der Waals surface area contributed by atoms with Crippen LogP contribution in [0.15, 0.2) is 24.3 Å². The Balaban J connectivity index is 1.83. The topological polar surface area (TPSA) is 32.7 Å². The Morgan fingerprint density at radius 2 is 1.79 bits per heavy atom. The molecule has 1 saturated carbocycles. The molecule has 0 spiro atoms. The molecular weight excluding hydrogens is 322 g/mol. The third-order valence-electron chi connectivity index (χ3n) is 5.92. The van der Waals surface area contributed by atoms with Crippen molar-refractivity contribution in [3.05, 3.63) is 34.9 Å². The largest absolute Gasteiger partial charge is 0.385 e. The van der Waals surface area contributed by atoms with E-state index in [2.05, 4.69) is 11.8 Å². The van der Waals surface area contributed by atoms with Gasteiger partial charge < -0.3 is 9.84 Å². The number of hydrogen-bond donors (Lipinski definition) is 1.